The zero-order valence-corrected chi connectivity index (χ0v) is 13.3. The van der Waals surface area contributed by atoms with Gasteiger partial charge in [0.05, 0.1) is 0 Å². The lowest BCUT2D eigenvalue weighted by Crippen LogP contribution is -2.25. The zero-order valence-electron chi connectivity index (χ0n) is 11.7. The van der Waals surface area contributed by atoms with Gasteiger partial charge in [0.15, 0.2) is 0 Å². The molecule has 0 radical (unpaired) electrons. The monoisotopic (exact) mass is 323 g/mol. The smallest absolute Gasteiger partial charge is 0.123 e. The SMILES string of the molecule is CC1(C)CCCN(c2ccc(C(=N)N)c(Br)c2)CC1. The summed E-state index contributed by atoms with van der Waals surface area (Å²) in [6, 6.07) is 6.08. The Balaban J connectivity index is 2.18. The second-order valence-corrected chi connectivity index (χ2v) is 6.94. The Morgan fingerprint density at radius 2 is 2.05 bits per heavy atom. The fraction of sp³-hybridized carbons (Fsp3) is 0.533. The first-order chi connectivity index (χ1) is 8.89. The summed E-state index contributed by atoms with van der Waals surface area (Å²) in [5.41, 5.74) is 7.97. The average molecular weight is 324 g/mol. The molecule has 1 saturated heterocycles. The number of halogens is 1. The molecular weight excluding hydrogens is 302 g/mol. The molecule has 0 aliphatic carbocycles. The highest BCUT2D eigenvalue weighted by Crippen LogP contribution is 2.32. The average Bonchev–Trinajstić information content (AvgIpc) is 2.49. The van der Waals surface area contributed by atoms with Crippen LogP contribution in [-0.4, -0.2) is 18.9 Å². The molecule has 0 unspecified atom stereocenters. The summed E-state index contributed by atoms with van der Waals surface area (Å²) >= 11 is 3.51. The van der Waals surface area contributed by atoms with Crippen LogP contribution < -0.4 is 10.6 Å². The summed E-state index contributed by atoms with van der Waals surface area (Å²) in [5, 5.41) is 7.51. The quantitative estimate of drug-likeness (QED) is 0.643. The summed E-state index contributed by atoms with van der Waals surface area (Å²) in [6.45, 7) is 6.91. The van der Waals surface area contributed by atoms with Gasteiger partial charge < -0.3 is 10.6 Å². The van der Waals surface area contributed by atoms with Gasteiger partial charge in [-0.25, -0.2) is 0 Å². The Hall–Kier alpha value is -1.03. The third-order valence-corrected chi connectivity index (χ3v) is 4.60. The van der Waals surface area contributed by atoms with Crippen LogP contribution in [0.5, 0.6) is 0 Å². The number of benzene rings is 1. The van der Waals surface area contributed by atoms with Crippen molar-refractivity contribution in [2.24, 2.45) is 11.1 Å². The minimum Gasteiger partial charge on any atom is -0.384 e. The van der Waals surface area contributed by atoms with Crippen LogP contribution in [0.15, 0.2) is 22.7 Å². The molecule has 0 spiro atoms. The van der Waals surface area contributed by atoms with Gasteiger partial charge in [0, 0.05) is 28.8 Å². The van der Waals surface area contributed by atoms with Gasteiger partial charge in [-0.15, -0.1) is 0 Å². The fourth-order valence-electron chi connectivity index (χ4n) is 2.60. The van der Waals surface area contributed by atoms with Crippen LogP contribution in [-0.2, 0) is 0 Å². The number of hydrogen-bond acceptors (Lipinski definition) is 2. The van der Waals surface area contributed by atoms with Gasteiger partial charge in [-0.3, -0.25) is 5.41 Å². The fourth-order valence-corrected chi connectivity index (χ4v) is 3.18. The molecule has 3 N–H and O–H groups in total. The predicted molar refractivity (Wildman–Crippen MR) is 85.0 cm³/mol. The van der Waals surface area contributed by atoms with E-state index in [0.717, 1.165) is 23.1 Å². The van der Waals surface area contributed by atoms with Gasteiger partial charge in [-0.05, 0) is 58.8 Å². The minimum atomic E-state index is 0.107. The standard InChI is InChI=1S/C15H22BrN3/c1-15(2)6-3-8-19(9-7-15)11-4-5-12(14(17)18)13(16)10-11/h4-5,10H,3,6-9H2,1-2H3,(H3,17,18). The Labute approximate surface area is 123 Å². The highest BCUT2D eigenvalue weighted by atomic mass is 79.9. The molecule has 0 atom stereocenters. The van der Waals surface area contributed by atoms with E-state index >= 15 is 0 Å². The highest BCUT2D eigenvalue weighted by Gasteiger charge is 2.23. The maximum absolute atomic E-state index is 7.51. The van der Waals surface area contributed by atoms with Crippen LogP contribution in [0.4, 0.5) is 5.69 Å². The van der Waals surface area contributed by atoms with Crippen molar-refractivity contribution in [3.8, 4) is 0 Å². The van der Waals surface area contributed by atoms with Crippen molar-refractivity contribution in [2.75, 3.05) is 18.0 Å². The maximum Gasteiger partial charge on any atom is 0.123 e. The van der Waals surface area contributed by atoms with Crippen LogP contribution in [0.25, 0.3) is 0 Å². The van der Waals surface area contributed by atoms with Crippen LogP contribution in [0.3, 0.4) is 0 Å². The lowest BCUT2D eigenvalue weighted by atomic mass is 9.85. The minimum absolute atomic E-state index is 0.107. The molecule has 0 amide bonds. The molecule has 3 nitrogen and oxygen atoms in total. The maximum atomic E-state index is 7.51. The molecule has 19 heavy (non-hydrogen) atoms. The van der Waals surface area contributed by atoms with Gasteiger partial charge in [0.25, 0.3) is 0 Å². The van der Waals surface area contributed by atoms with Crippen molar-refractivity contribution >= 4 is 27.5 Å². The molecule has 0 saturated carbocycles. The van der Waals surface area contributed by atoms with E-state index in [1.54, 1.807) is 0 Å². The van der Waals surface area contributed by atoms with E-state index in [2.05, 4.69) is 46.8 Å². The Morgan fingerprint density at radius 3 is 2.68 bits per heavy atom. The second-order valence-electron chi connectivity index (χ2n) is 6.08. The van der Waals surface area contributed by atoms with Crippen LogP contribution >= 0.6 is 15.9 Å². The first-order valence-electron chi connectivity index (χ1n) is 6.78. The molecule has 1 aromatic carbocycles. The lowest BCUT2D eigenvalue weighted by molar-refractivity contribution is 0.325. The van der Waals surface area contributed by atoms with E-state index < -0.39 is 0 Å². The molecule has 1 aliphatic rings. The van der Waals surface area contributed by atoms with Crippen molar-refractivity contribution in [1.82, 2.24) is 0 Å². The topological polar surface area (TPSA) is 53.1 Å². The number of nitrogens with two attached hydrogens (primary N) is 1. The number of nitrogens with zero attached hydrogens (tertiary/aromatic N) is 1. The molecule has 1 fully saturated rings. The van der Waals surface area contributed by atoms with Crippen molar-refractivity contribution in [3.63, 3.8) is 0 Å². The van der Waals surface area contributed by atoms with Crippen molar-refractivity contribution in [1.29, 1.82) is 5.41 Å². The van der Waals surface area contributed by atoms with E-state index in [1.165, 1.54) is 24.9 Å². The molecule has 0 aromatic heterocycles. The molecule has 104 valence electrons. The summed E-state index contributed by atoms with van der Waals surface area (Å²) in [4.78, 5) is 2.43. The highest BCUT2D eigenvalue weighted by molar-refractivity contribution is 9.10. The van der Waals surface area contributed by atoms with Crippen LogP contribution in [0.1, 0.15) is 38.7 Å². The van der Waals surface area contributed by atoms with Gasteiger partial charge in [-0.1, -0.05) is 13.8 Å². The number of nitrogens with one attached hydrogen (secondary N) is 1. The first kappa shape index (κ1) is 14.4. The molecule has 1 aliphatic heterocycles. The molecule has 0 bridgehead atoms. The van der Waals surface area contributed by atoms with Crippen molar-refractivity contribution in [2.45, 2.75) is 33.1 Å². The van der Waals surface area contributed by atoms with Gasteiger partial charge in [0.1, 0.15) is 5.84 Å². The predicted octanol–water partition coefficient (Wildman–Crippen LogP) is 3.75. The summed E-state index contributed by atoms with van der Waals surface area (Å²) in [5.74, 6) is 0.107. The third kappa shape index (κ3) is 3.50. The Kier molecular flexibility index (Phi) is 4.19. The van der Waals surface area contributed by atoms with E-state index in [4.69, 9.17) is 11.1 Å². The van der Waals surface area contributed by atoms with E-state index in [0.29, 0.717) is 5.41 Å². The number of rotatable bonds is 2. The van der Waals surface area contributed by atoms with Gasteiger partial charge in [0.2, 0.25) is 0 Å². The normalized spacial score (nSPS) is 19.0. The first-order valence-corrected chi connectivity index (χ1v) is 7.57. The Morgan fingerprint density at radius 1 is 1.32 bits per heavy atom. The molecule has 1 heterocycles. The van der Waals surface area contributed by atoms with E-state index in [-0.39, 0.29) is 5.84 Å². The van der Waals surface area contributed by atoms with E-state index in [9.17, 15) is 0 Å². The zero-order chi connectivity index (χ0) is 14.0. The van der Waals surface area contributed by atoms with E-state index in [1.807, 2.05) is 6.07 Å². The van der Waals surface area contributed by atoms with Crippen LogP contribution in [0.2, 0.25) is 0 Å². The lowest BCUT2D eigenvalue weighted by Gasteiger charge is -2.25. The number of nitrogen functional groups attached to an aromatic ring is 1. The summed E-state index contributed by atoms with van der Waals surface area (Å²) in [6.07, 6.45) is 3.74. The van der Waals surface area contributed by atoms with Crippen molar-refractivity contribution < 1.29 is 0 Å². The molecule has 2 rings (SSSR count). The van der Waals surface area contributed by atoms with Crippen molar-refractivity contribution in [3.05, 3.63) is 28.2 Å². The molecule has 1 aromatic rings. The largest absolute Gasteiger partial charge is 0.384 e. The molecular formula is C15H22BrN3. The molecule has 4 heteroatoms. The third-order valence-electron chi connectivity index (χ3n) is 3.95. The number of anilines is 1. The Bertz CT molecular complexity index is 482. The number of amidine groups is 1. The number of hydrogen-bond donors (Lipinski definition) is 2. The summed E-state index contributed by atoms with van der Waals surface area (Å²) < 4.78 is 0.904. The second kappa shape index (κ2) is 5.53. The van der Waals surface area contributed by atoms with Crippen LogP contribution in [0, 0.1) is 10.8 Å². The summed E-state index contributed by atoms with van der Waals surface area (Å²) in [7, 11) is 0. The van der Waals surface area contributed by atoms with Gasteiger partial charge in [-0.2, -0.15) is 0 Å². The van der Waals surface area contributed by atoms with Gasteiger partial charge >= 0.3 is 0 Å².